The summed E-state index contributed by atoms with van der Waals surface area (Å²) in [7, 11) is 0. The SMILES string of the molecule is CCOc1cc(NC(=O)Cn2nc([N+](=O)[O-])c(Br)c2C)ccc1OC(F)F. The molecule has 0 fully saturated rings. The van der Waals surface area contributed by atoms with Crippen LogP contribution in [0.4, 0.5) is 20.3 Å². The highest BCUT2D eigenvalue weighted by atomic mass is 79.9. The van der Waals surface area contributed by atoms with Gasteiger partial charge < -0.3 is 24.9 Å². The van der Waals surface area contributed by atoms with E-state index in [2.05, 4.69) is 31.1 Å². The average molecular weight is 449 g/mol. The maximum atomic E-state index is 12.4. The third-order valence-electron chi connectivity index (χ3n) is 3.33. The van der Waals surface area contributed by atoms with E-state index in [9.17, 15) is 23.7 Å². The van der Waals surface area contributed by atoms with Crippen LogP contribution in [0.3, 0.4) is 0 Å². The lowest BCUT2D eigenvalue weighted by Crippen LogP contribution is -2.20. The fourth-order valence-corrected chi connectivity index (χ4v) is 2.59. The van der Waals surface area contributed by atoms with Gasteiger partial charge in [-0.25, -0.2) is 0 Å². The number of carbonyl (C=O) groups is 1. The molecule has 9 nitrogen and oxygen atoms in total. The first-order chi connectivity index (χ1) is 12.7. The number of ether oxygens (including phenoxy) is 2. The molecule has 146 valence electrons. The van der Waals surface area contributed by atoms with Crippen LogP contribution in [0.25, 0.3) is 0 Å². The molecule has 1 aromatic heterocycles. The Kier molecular flexibility index (Phi) is 6.66. The molecule has 0 atom stereocenters. The monoisotopic (exact) mass is 448 g/mol. The fraction of sp³-hybridized carbons (Fsp3) is 0.333. The number of nitrogens with one attached hydrogen (secondary N) is 1. The molecular weight excluding hydrogens is 434 g/mol. The molecule has 1 amide bonds. The van der Waals surface area contributed by atoms with Gasteiger partial charge in [0.25, 0.3) is 0 Å². The van der Waals surface area contributed by atoms with E-state index in [0.717, 1.165) is 0 Å². The molecule has 1 N–H and O–H groups in total. The summed E-state index contributed by atoms with van der Waals surface area (Å²) in [6.45, 7) is 0.157. The van der Waals surface area contributed by atoms with Gasteiger partial charge >= 0.3 is 12.4 Å². The lowest BCUT2D eigenvalue weighted by atomic mass is 10.2. The van der Waals surface area contributed by atoms with Crippen LogP contribution in [0.2, 0.25) is 0 Å². The zero-order valence-electron chi connectivity index (χ0n) is 14.2. The number of amides is 1. The number of aromatic nitrogens is 2. The number of hydrogen-bond acceptors (Lipinski definition) is 6. The summed E-state index contributed by atoms with van der Waals surface area (Å²) < 4.78 is 35.8. The van der Waals surface area contributed by atoms with Crippen molar-refractivity contribution in [1.29, 1.82) is 0 Å². The number of benzene rings is 1. The van der Waals surface area contributed by atoms with Crippen molar-refractivity contribution in [2.45, 2.75) is 27.0 Å². The van der Waals surface area contributed by atoms with Crippen LogP contribution >= 0.6 is 15.9 Å². The second-order valence-electron chi connectivity index (χ2n) is 5.16. The highest BCUT2D eigenvalue weighted by Crippen LogP contribution is 2.32. The van der Waals surface area contributed by atoms with Crippen LogP contribution in [0.1, 0.15) is 12.6 Å². The number of nitro groups is 1. The van der Waals surface area contributed by atoms with Gasteiger partial charge in [0.1, 0.15) is 11.0 Å². The van der Waals surface area contributed by atoms with Crippen molar-refractivity contribution >= 4 is 33.3 Å². The number of alkyl halides is 2. The smallest absolute Gasteiger partial charge is 0.404 e. The minimum atomic E-state index is -3.01. The predicted octanol–water partition coefficient (Wildman–Crippen LogP) is 3.50. The quantitative estimate of drug-likeness (QED) is 0.488. The Hall–Kier alpha value is -2.76. The van der Waals surface area contributed by atoms with Gasteiger partial charge in [-0.3, -0.25) is 4.79 Å². The van der Waals surface area contributed by atoms with Gasteiger partial charge in [0, 0.05) is 11.8 Å². The van der Waals surface area contributed by atoms with E-state index in [1.807, 2.05) is 0 Å². The molecule has 0 aliphatic carbocycles. The third kappa shape index (κ3) is 5.12. The number of rotatable bonds is 8. The molecule has 0 aliphatic heterocycles. The van der Waals surface area contributed by atoms with E-state index in [0.29, 0.717) is 5.69 Å². The van der Waals surface area contributed by atoms with Crippen LogP contribution in [-0.4, -0.2) is 33.8 Å². The van der Waals surface area contributed by atoms with Crippen LogP contribution in [0.15, 0.2) is 22.7 Å². The summed E-state index contributed by atoms with van der Waals surface area (Å²) in [5, 5.41) is 17.2. The molecular formula is C15H15BrF2N4O5. The van der Waals surface area contributed by atoms with Gasteiger partial charge in [-0.05, 0) is 46.8 Å². The Labute approximate surface area is 160 Å². The molecule has 27 heavy (non-hydrogen) atoms. The zero-order valence-corrected chi connectivity index (χ0v) is 15.8. The summed E-state index contributed by atoms with van der Waals surface area (Å²) in [4.78, 5) is 22.4. The van der Waals surface area contributed by atoms with Crippen molar-refractivity contribution in [2.24, 2.45) is 0 Å². The van der Waals surface area contributed by atoms with E-state index >= 15 is 0 Å². The minimum absolute atomic E-state index is 0.0456. The predicted molar refractivity (Wildman–Crippen MR) is 94.2 cm³/mol. The molecule has 0 radical (unpaired) electrons. The maximum absolute atomic E-state index is 12.4. The van der Waals surface area contributed by atoms with Gasteiger partial charge in [0.05, 0.1) is 17.4 Å². The average Bonchev–Trinajstić information content (AvgIpc) is 2.85. The molecule has 1 heterocycles. The van der Waals surface area contributed by atoms with Gasteiger partial charge in [0.15, 0.2) is 11.5 Å². The van der Waals surface area contributed by atoms with Gasteiger partial charge in [-0.2, -0.15) is 13.5 Å². The lowest BCUT2D eigenvalue weighted by molar-refractivity contribution is -0.390. The molecule has 0 saturated heterocycles. The van der Waals surface area contributed by atoms with Crippen molar-refractivity contribution in [2.75, 3.05) is 11.9 Å². The topological polar surface area (TPSA) is 109 Å². The second-order valence-corrected chi connectivity index (χ2v) is 5.95. The highest BCUT2D eigenvalue weighted by Gasteiger charge is 2.24. The van der Waals surface area contributed by atoms with Crippen molar-refractivity contribution < 1.29 is 28.0 Å². The first kappa shape index (κ1) is 20.6. The first-order valence-corrected chi connectivity index (χ1v) is 8.41. The molecule has 0 spiro atoms. The second kappa shape index (κ2) is 8.75. The number of nitrogens with zero attached hydrogens (tertiary/aromatic N) is 3. The number of halogens is 3. The van der Waals surface area contributed by atoms with Crippen molar-refractivity contribution in [1.82, 2.24) is 9.78 Å². The van der Waals surface area contributed by atoms with E-state index in [1.165, 1.54) is 22.9 Å². The van der Waals surface area contributed by atoms with E-state index in [-0.39, 0.29) is 34.8 Å². The van der Waals surface area contributed by atoms with Crippen LogP contribution in [0, 0.1) is 17.0 Å². The summed E-state index contributed by atoms with van der Waals surface area (Å²) >= 11 is 3.06. The van der Waals surface area contributed by atoms with Crippen molar-refractivity contribution in [3.05, 3.63) is 38.5 Å². The van der Waals surface area contributed by atoms with Crippen LogP contribution < -0.4 is 14.8 Å². The Morgan fingerprint density at radius 3 is 2.70 bits per heavy atom. The van der Waals surface area contributed by atoms with E-state index in [1.54, 1.807) is 13.8 Å². The largest absolute Gasteiger partial charge is 0.490 e. The maximum Gasteiger partial charge on any atom is 0.404 e. The first-order valence-electron chi connectivity index (χ1n) is 7.61. The third-order valence-corrected chi connectivity index (χ3v) is 4.25. The molecule has 0 bridgehead atoms. The molecule has 2 aromatic rings. The van der Waals surface area contributed by atoms with Gasteiger partial charge in [0.2, 0.25) is 5.91 Å². The molecule has 0 unspecified atom stereocenters. The molecule has 0 saturated carbocycles. The number of hydrogen-bond donors (Lipinski definition) is 1. The van der Waals surface area contributed by atoms with E-state index in [4.69, 9.17) is 4.74 Å². The minimum Gasteiger partial charge on any atom is -0.490 e. The summed E-state index contributed by atoms with van der Waals surface area (Å²) in [5.41, 5.74) is 0.691. The summed E-state index contributed by atoms with van der Waals surface area (Å²) in [5.74, 6) is -1.03. The standard InChI is InChI=1S/C15H15BrF2N4O5/c1-3-26-11-6-9(4-5-10(11)27-15(17)18)19-12(23)7-21-8(2)13(16)14(20-21)22(24)25/h4-6,15H,3,7H2,1-2H3,(H,19,23). The Balaban J connectivity index is 2.15. The van der Waals surface area contributed by atoms with Gasteiger partial charge in [-0.1, -0.05) is 0 Å². The number of carbonyl (C=O) groups excluding carboxylic acids is 1. The molecule has 2 rings (SSSR count). The van der Waals surface area contributed by atoms with Crippen molar-refractivity contribution in [3.63, 3.8) is 0 Å². The highest BCUT2D eigenvalue weighted by molar-refractivity contribution is 9.10. The summed E-state index contributed by atoms with van der Waals surface area (Å²) in [6, 6.07) is 3.95. The van der Waals surface area contributed by atoms with E-state index < -0.39 is 23.3 Å². The Morgan fingerprint density at radius 2 is 2.15 bits per heavy atom. The molecule has 0 aliphatic rings. The molecule has 1 aromatic carbocycles. The number of anilines is 1. The Bertz CT molecular complexity index is 859. The molecule has 12 heteroatoms. The fourth-order valence-electron chi connectivity index (χ4n) is 2.16. The van der Waals surface area contributed by atoms with Crippen LogP contribution in [0.5, 0.6) is 11.5 Å². The Morgan fingerprint density at radius 1 is 1.44 bits per heavy atom. The normalized spacial score (nSPS) is 10.7. The zero-order chi connectivity index (χ0) is 20.1. The van der Waals surface area contributed by atoms with Gasteiger partial charge in [-0.15, -0.1) is 0 Å². The van der Waals surface area contributed by atoms with Crippen molar-refractivity contribution in [3.8, 4) is 11.5 Å². The summed E-state index contributed by atoms with van der Waals surface area (Å²) in [6.07, 6.45) is 0. The van der Waals surface area contributed by atoms with Crippen LogP contribution in [-0.2, 0) is 11.3 Å². The lowest BCUT2D eigenvalue weighted by Gasteiger charge is -2.13.